The average molecular weight is 279 g/mol. The zero-order valence-electron chi connectivity index (χ0n) is 12.8. The highest BCUT2D eigenvalue weighted by atomic mass is 16.3. The minimum absolute atomic E-state index is 0.144. The van der Waals surface area contributed by atoms with Crippen LogP contribution in [-0.4, -0.2) is 34.1 Å². The van der Waals surface area contributed by atoms with Crippen LogP contribution in [-0.2, 0) is 0 Å². The first-order valence-corrected chi connectivity index (χ1v) is 7.13. The predicted octanol–water partition coefficient (Wildman–Crippen LogP) is 1.87. The first kappa shape index (κ1) is 16.6. The van der Waals surface area contributed by atoms with Crippen LogP contribution in [0.15, 0.2) is 6.20 Å². The van der Waals surface area contributed by atoms with E-state index in [1.807, 2.05) is 6.92 Å². The number of nitrogens with one attached hydrogen (secondary N) is 1. The Bertz CT molecular complexity index is 447. The summed E-state index contributed by atoms with van der Waals surface area (Å²) in [5.41, 5.74) is 1.21. The zero-order valence-corrected chi connectivity index (χ0v) is 12.8. The molecule has 1 aromatic heterocycles. The van der Waals surface area contributed by atoms with E-state index in [-0.39, 0.29) is 12.5 Å². The molecule has 0 saturated carbocycles. The van der Waals surface area contributed by atoms with Crippen LogP contribution in [0.2, 0.25) is 0 Å². The van der Waals surface area contributed by atoms with E-state index in [0.29, 0.717) is 41.9 Å². The molecule has 1 unspecified atom stereocenters. The third kappa shape index (κ3) is 5.25. The third-order valence-electron chi connectivity index (χ3n) is 3.24. The number of hydrogen-bond acceptors (Lipinski definition) is 4. The van der Waals surface area contributed by atoms with Crippen molar-refractivity contribution in [2.75, 3.05) is 13.2 Å². The summed E-state index contributed by atoms with van der Waals surface area (Å²) in [4.78, 5) is 20.4. The number of nitrogens with zero attached hydrogens (tertiary/aromatic N) is 2. The molecule has 0 aromatic carbocycles. The number of aromatic nitrogens is 2. The number of carbonyl (C=O) groups excluding carboxylic acids is 1. The molecule has 0 fully saturated rings. The molecule has 0 aliphatic carbocycles. The Morgan fingerprint density at radius 3 is 2.65 bits per heavy atom. The van der Waals surface area contributed by atoms with Gasteiger partial charge in [-0.3, -0.25) is 4.79 Å². The van der Waals surface area contributed by atoms with Crippen molar-refractivity contribution in [1.29, 1.82) is 0 Å². The number of rotatable bonds is 7. The van der Waals surface area contributed by atoms with Gasteiger partial charge in [0.1, 0.15) is 5.82 Å². The molecular weight excluding hydrogens is 254 g/mol. The molecule has 1 rings (SSSR count). The van der Waals surface area contributed by atoms with Crippen LogP contribution in [0.4, 0.5) is 0 Å². The molecule has 2 N–H and O–H groups in total. The minimum Gasteiger partial charge on any atom is -0.396 e. The smallest absolute Gasteiger partial charge is 0.254 e. The zero-order chi connectivity index (χ0) is 15.1. The maximum absolute atomic E-state index is 12.1. The lowest BCUT2D eigenvalue weighted by molar-refractivity contribution is 0.0940. The van der Waals surface area contributed by atoms with Gasteiger partial charge >= 0.3 is 0 Å². The summed E-state index contributed by atoms with van der Waals surface area (Å²) in [6.07, 6.45) is 3.27. The molecule has 0 aliphatic rings. The normalized spacial score (nSPS) is 12.5. The fourth-order valence-corrected chi connectivity index (χ4v) is 2.29. The number of hydrogen-bond donors (Lipinski definition) is 2. The summed E-state index contributed by atoms with van der Waals surface area (Å²) in [5.74, 6) is 1.37. The molecule has 5 heteroatoms. The average Bonchev–Trinajstić information content (AvgIpc) is 2.35. The third-order valence-corrected chi connectivity index (χ3v) is 3.24. The highest BCUT2D eigenvalue weighted by Gasteiger charge is 2.15. The van der Waals surface area contributed by atoms with Gasteiger partial charge in [-0.25, -0.2) is 9.97 Å². The van der Waals surface area contributed by atoms with Crippen molar-refractivity contribution in [2.24, 2.45) is 11.8 Å². The van der Waals surface area contributed by atoms with Crippen molar-refractivity contribution in [1.82, 2.24) is 15.3 Å². The van der Waals surface area contributed by atoms with Crippen LogP contribution in [0.25, 0.3) is 0 Å². The molecule has 5 nitrogen and oxygen atoms in total. The summed E-state index contributed by atoms with van der Waals surface area (Å²) in [6.45, 7) is 8.62. The molecule has 20 heavy (non-hydrogen) atoms. The molecule has 0 radical (unpaired) electrons. The van der Waals surface area contributed by atoms with Crippen molar-refractivity contribution in [3.63, 3.8) is 0 Å². The highest BCUT2D eigenvalue weighted by Crippen LogP contribution is 2.14. The van der Waals surface area contributed by atoms with Gasteiger partial charge in [0.05, 0.1) is 11.3 Å². The molecule has 1 atom stereocenters. The van der Waals surface area contributed by atoms with Crippen LogP contribution in [0.5, 0.6) is 0 Å². The van der Waals surface area contributed by atoms with E-state index in [2.05, 4.69) is 29.1 Å². The van der Waals surface area contributed by atoms with Gasteiger partial charge < -0.3 is 10.4 Å². The largest absolute Gasteiger partial charge is 0.396 e. The summed E-state index contributed by atoms with van der Waals surface area (Å²) >= 11 is 0. The lowest BCUT2D eigenvalue weighted by Gasteiger charge is -2.18. The van der Waals surface area contributed by atoms with E-state index < -0.39 is 0 Å². The molecule has 0 aliphatic heterocycles. The topological polar surface area (TPSA) is 75.1 Å². The van der Waals surface area contributed by atoms with E-state index in [4.69, 9.17) is 5.11 Å². The summed E-state index contributed by atoms with van der Waals surface area (Å²) < 4.78 is 0. The number of amides is 1. The van der Waals surface area contributed by atoms with Crippen LogP contribution in [0.3, 0.4) is 0 Å². The molecular formula is C15H25N3O2. The molecule has 0 saturated heterocycles. The lowest BCUT2D eigenvalue weighted by atomic mass is 9.94. The second-order valence-electron chi connectivity index (χ2n) is 5.63. The van der Waals surface area contributed by atoms with Gasteiger partial charge in [-0.1, -0.05) is 13.8 Å². The second kappa shape index (κ2) is 7.94. The van der Waals surface area contributed by atoms with Gasteiger partial charge in [-0.15, -0.1) is 0 Å². The number of aliphatic hydroxyl groups excluding tert-OH is 1. The quantitative estimate of drug-likeness (QED) is 0.799. The molecule has 1 heterocycles. The maximum Gasteiger partial charge on any atom is 0.254 e. The van der Waals surface area contributed by atoms with Crippen LogP contribution in [0.1, 0.15) is 48.6 Å². The Morgan fingerprint density at radius 1 is 1.40 bits per heavy atom. The monoisotopic (exact) mass is 279 g/mol. The molecule has 0 bridgehead atoms. The van der Waals surface area contributed by atoms with Gasteiger partial charge in [0, 0.05) is 19.3 Å². The second-order valence-corrected chi connectivity index (χ2v) is 5.63. The Labute approximate surface area is 120 Å². The maximum atomic E-state index is 12.1. The number of aryl methyl sites for hydroxylation is 2. The van der Waals surface area contributed by atoms with Gasteiger partial charge in [0.15, 0.2) is 0 Å². The van der Waals surface area contributed by atoms with Gasteiger partial charge in [0.25, 0.3) is 5.91 Å². The van der Waals surface area contributed by atoms with Crippen molar-refractivity contribution in [3.8, 4) is 0 Å². The van der Waals surface area contributed by atoms with Crippen molar-refractivity contribution in [3.05, 3.63) is 23.3 Å². The Kier molecular flexibility index (Phi) is 6.58. The van der Waals surface area contributed by atoms with Gasteiger partial charge in [-0.2, -0.15) is 0 Å². The highest BCUT2D eigenvalue weighted by molar-refractivity contribution is 5.94. The van der Waals surface area contributed by atoms with Crippen LogP contribution < -0.4 is 5.32 Å². The number of carbonyl (C=O) groups is 1. The van der Waals surface area contributed by atoms with Crippen molar-refractivity contribution >= 4 is 5.91 Å². The SMILES string of the molecule is Cc1ncc(C(=O)NCC(CCO)CC(C)C)c(C)n1. The Balaban J connectivity index is 2.60. The van der Waals surface area contributed by atoms with E-state index in [1.165, 1.54) is 0 Å². The molecule has 1 amide bonds. The Hall–Kier alpha value is -1.49. The fraction of sp³-hybridized carbons (Fsp3) is 0.667. The lowest BCUT2D eigenvalue weighted by Crippen LogP contribution is -2.31. The summed E-state index contributed by atoms with van der Waals surface area (Å²) in [6, 6.07) is 0. The van der Waals surface area contributed by atoms with Crippen molar-refractivity contribution < 1.29 is 9.90 Å². The van der Waals surface area contributed by atoms with Gasteiger partial charge in [0.2, 0.25) is 0 Å². The van der Waals surface area contributed by atoms with Crippen LogP contribution in [0, 0.1) is 25.7 Å². The van der Waals surface area contributed by atoms with E-state index in [1.54, 1.807) is 13.1 Å². The number of aliphatic hydroxyl groups is 1. The van der Waals surface area contributed by atoms with E-state index >= 15 is 0 Å². The molecule has 112 valence electrons. The van der Waals surface area contributed by atoms with Crippen molar-refractivity contribution in [2.45, 2.75) is 40.5 Å². The first-order chi connectivity index (χ1) is 9.43. The van der Waals surface area contributed by atoms with E-state index in [0.717, 1.165) is 6.42 Å². The van der Waals surface area contributed by atoms with Crippen LogP contribution >= 0.6 is 0 Å². The van der Waals surface area contributed by atoms with E-state index in [9.17, 15) is 4.79 Å². The van der Waals surface area contributed by atoms with Gasteiger partial charge in [-0.05, 0) is 38.5 Å². The first-order valence-electron chi connectivity index (χ1n) is 7.13. The predicted molar refractivity (Wildman–Crippen MR) is 78.5 cm³/mol. The summed E-state index contributed by atoms with van der Waals surface area (Å²) in [5, 5.41) is 12.0. The standard InChI is InChI=1S/C15H25N3O2/c1-10(2)7-13(5-6-19)8-17-15(20)14-9-16-12(4)18-11(14)3/h9-10,13,19H,5-8H2,1-4H3,(H,17,20). The molecule has 1 aromatic rings. The minimum atomic E-state index is -0.144. The summed E-state index contributed by atoms with van der Waals surface area (Å²) in [7, 11) is 0. The Morgan fingerprint density at radius 2 is 2.10 bits per heavy atom. The molecule has 0 spiro atoms. The fourth-order valence-electron chi connectivity index (χ4n) is 2.29.